The quantitative estimate of drug-likeness (QED) is 0.174. The van der Waals surface area contributed by atoms with Gasteiger partial charge in [0.1, 0.15) is 11.4 Å². The molecule has 0 spiro atoms. The predicted octanol–water partition coefficient (Wildman–Crippen LogP) is 13.8. The van der Waals surface area contributed by atoms with Gasteiger partial charge < -0.3 is 13.6 Å². The zero-order chi connectivity index (χ0) is 39.8. The van der Waals surface area contributed by atoms with Crippen molar-refractivity contribution in [3.05, 3.63) is 164 Å². The van der Waals surface area contributed by atoms with Crippen LogP contribution in [0.3, 0.4) is 0 Å². The third-order valence-electron chi connectivity index (χ3n) is 14.6. The molecule has 6 heteroatoms. The Morgan fingerprint density at radius 2 is 0.934 bits per heavy atom. The molecular formula is C55H41N5O. The van der Waals surface area contributed by atoms with Crippen LogP contribution in [0.25, 0.3) is 99.7 Å². The maximum atomic E-state index is 7.02. The summed E-state index contributed by atoms with van der Waals surface area (Å²) >= 11 is 0. The van der Waals surface area contributed by atoms with Gasteiger partial charge in [-0.3, -0.25) is 0 Å². The van der Waals surface area contributed by atoms with Gasteiger partial charge in [-0.15, -0.1) is 0 Å². The van der Waals surface area contributed by atoms with Crippen molar-refractivity contribution in [2.75, 3.05) is 0 Å². The summed E-state index contributed by atoms with van der Waals surface area (Å²) in [5, 5.41) is 7.05. The van der Waals surface area contributed by atoms with Crippen LogP contribution in [0.2, 0.25) is 0 Å². The number of rotatable bonds is 5. The van der Waals surface area contributed by atoms with E-state index in [1.54, 1.807) is 0 Å². The van der Waals surface area contributed by atoms with Crippen LogP contribution in [0, 0.1) is 17.8 Å². The predicted molar refractivity (Wildman–Crippen MR) is 247 cm³/mol. The van der Waals surface area contributed by atoms with Gasteiger partial charge in [-0.2, -0.15) is 0 Å². The number of nitrogens with zero attached hydrogens (tertiary/aromatic N) is 5. The first-order chi connectivity index (χ1) is 30.2. The normalized spacial score (nSPS) is 21.0. The van der Waals surface area contributed by atoms with Gasteiger partial charge in [0.05, 0.1) is 27.5 Å². The average molecular weight is 788 g/mol. The average Bonchev–Trinajstić information content (AvgIpc) is 3.97. The Morgan fingerprint density at radius 1 is 0.443 bits per heavy atom. The van der Waals surface area contributed by atoms with Crippen molar-refractivity contribution in [1.29, 1.82) is 0 Å². The van der Waals surface area contributed by atoms with Crippen molar-refractivity contribution < 1.29 is 4.42 Å². The Morgan fingerprint density at radius 3 is 1.57 bits per heavy atom. The second kappa shape index (κ2) is 12.5. The van der Waals surface area contributed by atoms with Crippen LogP contribution >= 0.6 is 0 Å². The van der Waals surface area contributed by atoms with E-state index in [1.165, 1.54) is 60.1 Å². The minimum absolute atomic E-state index is 0.0482. The molecule has 0 unspecified atom stereocenters. The van der Waals surface area contributed by atoms with E-state index in [2.05, 4.69) is 167 Å². The third-order valence-corrected chi connectivity index (χ3v) is 14.6. The Labute approximate surface area is 352 Å². The fourth-order valence-electron chi connectivity index (χ4n) is 12.6. The molecule has 0 atom stereocenters. The Hall–Kier alpha value is -7.05. The van der Waals surface area contributed by atoms with Crippen LogP contribution in [0.4, 0.5) is 0 Å². The zero-order valence-electron chi connectivity index (χ0n) is 33.6. The molecule has 4 saturated carbocycles. The molecule has 0 N–H and O–H groups in total. The molecule has 0 amide bonds. The topological polar surface area (TPSA) is 61.7 Å². The highest BCUT2D eigenvalue weighted by molar-refractivity contribution is 6.39. The van der Waals surface area contributed by atoms with Gasteiger partial charge in [0.2, 0.25) is 0 Å². The minimum atomic E-state index is 0.0482. The Kier molecular flexibility index (Phi) is 6.91. The van der Waals surface area contributed by atoms with Crippen molar-refractivity contribution in [2.24, 2.45) is 17.8 Å². The van der Waals surface area contributed by atoms with Crippen LogP contribution in [-0.4, -0.2) is 24.1 Å². The number of hydrogen-bond donors (Lipinski definition) is 0. The molecule has 4 bridgehead atoms. The SMILES string of the molecule is c1ccc(-c2nc(-c3ccc(-n4c5ccccc5c5c6c7ccccc7n(-c7ccccc7)c6c6oc7ccccc7c6c54)cc3)nc(C34CC5CC(CC(C5)C3)C4)n2)cc1. The Bertz CT molecular complexity index is 3520. The fraction of sp³-hybridized carbons (Fsp3) is 0.182. The number of benzene rings is 7. The number of aromatic nitrogens is 5. The summed E-state index contributed by atoms with van der Waals surface area (Å²) in [5.41, 5.74) is 10.6. The molecule has 292 valence electrons. The lowest BCUT2D eigenvalue weighted by molar-refractivity contribution is -0.00938. The molecule has 0 aliphatic heterocycles. The first kappa shape index (κ1) is 33.7. The van der Waals surface area contributed by atoms with E-state index < -0.39 is 0 Å². The summed E-state index contributed by atoms with van der Waals surface area (Å²) in [4.78, 5) is 16.0. The zero-order valence-corrected chi connectivity index (χ0v) is 33.6. The number of hydrogen-bond acceptors (Lipinski definition) is 4. The second-order valence-electron chi connectivity index (χ2n) is 18.2. The van der Waals surface area contributed by atoms with Crippen molar-refractivity contribution >= 4 is 65.6 Å². The highest BCUT2D eigenvalue weighted by atomic mass is 16.3. The summed E-state index contributed by atoms with van der Waals surface area (Å²) in [6.07, 6.45) is 7.77. The highest BCUT2D eigenvalue weighted by Gasteiger charge is 2.53. The molecule has 11 aromatic rings. The van der Waals surface area contributed by atoms with Crippen molar-refractivity contribution in [3.8, 4) is 34.2 Å². The molecule has 61 heavy (non-hydrogen) atoms. The van der Waals surface area contributed by atoms with E-state index in [0.717, 1.165) is 102 Å². The van der Waals surface area contributed by atoms with Gasteiger partial charge in [-0.05, 0) is 111 Å². The van der Waals surface area contributed by atoms with Crippen LogP contribution in [0.1, 0.15) is 44.3 Å². The molecular weight excluding hydrogens is 747 g/mol. The van der Waals surface area contributed by atoms with Crippen LogP contribution in [0.15, 0.2) is 162 Å². The van der Waals surface area contributed by atoms with Crippen LogP contribution < -0.4 is 0 Å². The van der Waals surface area contributed by atoms with Gasteiger partial charge in [0.25, 0.3) is 0 Å². The molecule has 4 aliphatic carbocycles. The van der Waals surface area contributed by atoms with Gasteiger partial charge in [-0.25, -0.2) is 15.0 Å². The molecule has 6 nitrogen and oxygen atoms in total. The fourth-order valence-corrected chi connectivity index (χ4v) is 12.6. The standard InChI is InChI=1S/C55H41N5O/c1-3-13-36(14-4-1)52-56-53(58-54(57-52)55-30-33-27-34(31-55)29-35(28-33)32-55)37-23-25-39(26-24-37)59-43-20-10-7-17-40(43)46-47-41-18-8-11-21-44(41)60(38-15-5-2-6-16-38)50(47)51-48(49(46)59)42-19-9-12-22-45(42)61-51/h1-26,33-35H,27-32H2. The van der Waals surface area contributed by atoms with E-state index in [1.807, 2.05) is 0 Å². The largest absolute Gasteiger partial charge is 0.454 e. The van der Waals surface area contributed by atoms with E-state index in [9.17, 15) is 0 Å². The van der Waals surface area contributed by atoms with E-state index in [-0.39, 0.29) is 5.41 Å². The molecule has 4 fully saturated rings. The van der Waals surface area contributed by atoms with Gasteiger partial charge in [-0.1, -0.05) is 103 Å². The summed E-state index contributed by atoms with van der Waals surface area (Å²) in [6.45, 7) is 0. The first-order valence-electron chi connectivity index (χ1n) is 22.0. The van der Waals surface area contributed by atoms with E-state index >= 15 is 0 Å². The second-order valence-corrected chi connectivity index (χ2v) is 18.2. The lowest BCUT2D eigenvalue weighted by Gasteiger charge is -2.56. The number of furan rings is 1. The number of para-hydroxylation sites is 4. The summed E-state index contributed by atoms with van der Waals surface area (Å²) in [5.74, 6) is 4.93. The summed E-state index contributed by atoms with van der Waals surface area (Å²) < 4.78 is 11.9. The monoisotopic (exact) mass is 787 g/mol. The first-order valence-corrected chi connectivity index (χ1v) is 22.0. The summed E-state index contributed by atoms with van der Waals surface area (Å²) in [6, 6.07) is 56.3. The minimum Gasteiger partial charge on any atom is -0.454 e. The summed E-state index contributed by atoms with van der Waals surface area (Å²) in [7, 11) is 0. The molecule has 4 aromatic heterocycles. The maximum absolute atomic E-state index is 7.02. The van der Waals surface area contributed by atoms with E-state index in [4.69, 9.17) is 19.4 Å². The van der Waals surface area contributed by atoms with Gasteiger partial charge in [0.15, 0.2) is 17.2 Å². The number of fused-ring (bicyclic) bond motifs is 12. The molecule has 7 aromatic carbocycles. The smallest absolute Gasteiger partial charge is 0.163 e. The highest BCUT2D eigenvalue weighted by Crippen LogP contribution is 2.60. The third kappa shape index (κ3) is 4.82. The van der Waals surface area contributed by atoms with Crippen LogP contribution in [0.5, 0.6) is 0 Å². The molecule has 4 aliphatic rings. The van der Waals surface area contributed by atoms with Crippen molar-refractivity contribution in [2.45, 2.75) is 43.9 Å². The van der Waals surface area contributed by atoms with E-state index in [0.29, 0.717) is 0 Å². The lowest BCUT2D eigenvalue weighted by atomic mass is 9.49. The van der Waals surface area contributed by atoms with Crippen molar-refractivity contribution in [3.63, 3.8) is 0 Å². The van der Waals surface area contributed by atoms with Crippen molar-refractivity contribution in [1.82, 2.24) is 24.1 Å². The van der Waals surface area contributed by atoms with Gasteiger partial charge in [0, 0.05) is 54.8 Å². The molecule has 0 radical (unpaired) electrons. The molecule has 4 heterocycles. The maximum Gasteiger partial charge on any atom is 0.163 e. The lowest BCUT2D eigenvalue weighted by Crippen LogP contribution is -2.49. The van der Waals surface area contributed by atoms with Crippen LogP contribution in [-0.2, 0) is 5.41 Å². The molecule has 0 saturated heterocycles. The molecule has 15 rings (SSSR count). The van der Waals surface area contributed by atoms with Gasteiger partial charge >= 0.3 is 0 Å². The Balaban J connectivity index is 1.02.